The van der Waals surface area contributed by atoms with E-state index in [0.29, 0.717) is 50.1 Å². The van der Waals surface area contributed by atoms with Gasteiger partial charge in [0.2, 0.25) is 5.89 Å². The molecular formula is C19H22N6O4. The van der Waals surface area contributed by atoms with Crippen molar-refractivity contribution in [2.45, 2.75) is 44.7 Å². The first-order valence-electron chi connectivity index (χ1n) is 9.76. The van der Waals surface area contributed by atoms with E-state index in [0.717, 1.165) is 23.1 Å². The molecule has 0 aromatic carbocycles. The molecule has 2 aliphatic rings. The Morgan fingerprint density at radius 2 is 2.17 bits per heavy atom. The maximum absolute atomic E-state index is 11.7. The molecule has 1 atom stereocenters. The summed E-state index contributed by atoms with van der Waals surface area (Å²) in [5, 5.41) is 17.3. The Morgan fingerprint density at radius 1 is 1.31 bits per heavy atom. The van der Waals surface area contributed by atoms with E-state index in [1.807, 2.05) is 18.5 Å². The van der Waals surface area contributed by atoms with Gasteiger partial charge in [-0.1, -0.05) is 0 Å². The third-order valence-electron chi connectivity index (χ3n) is 5.47. The van der Waals surface area contributed by atoms with Gasteiger partial charge >= 0.3 is 5.97 Å². The quantitative estimate of drug-likeness (QED) is 0.643. The highest BCUT2D eigenvalue weighted by atomic mass is 16.5. The summed E-state index contributed by atoms with van der Waals surface area (Å²) in [5.74, 6) is 0.728. The third-order valence-corrected chi connectivity index (χ3v) is 5.47. The third kappa shape index (κ3) is 3.03. The number of nitrogens with one attached hydrogen (secondary N) is 1. The number of ether oxygens (including phenoxy) is 2. The summed E-state index contributed by atoms with van der Waals surface area (Å²) in [7, 11) is 0. The molecule has 0 amide bonds. The second kappa shape index (κ2) is 6.80. The van der Waals surface area contributed by atoms with Gasteiger partial charge in [0.25, 0.3) is 5.89 Å². The first-order chi connectivity index (χ1) is 14.1. The molecule has 29 heavy (non-hydrogen) atoms. The summed E-state index contributed by atoms with van der Waals surface area (Å²) in [6.07, 6.45) is 4.52. The van der Waals surface area contributed by atoms with Crippen molar-refractivity contribution in [1.82, 2.24) is 25.0 Å². The first-order valence-corrected chi connectivity index (χ1v) is 9.76. The van der Waals surface area contributed by atoms with Gasteiger partial charge in [-0.05, 0) is 13.8 Å². The van der Waals surface area contributed by atoms with Crippen LogP contribution in [-0.4, -0.2) is 56.8 Å². The molecule has 0 radical (unpaired) electrons. The number of cyclic esters (lactones) is 1. The molecule has 0 spiro atoms. The summed E-state index contributed by atoms with van der Waals surface area (Å²) < 4.78 is 18.2. The predicted octanol–water partition coefficient (Wildman–Crippen LogP) is 1.91. The van der Waals surface area contributed by atoms with Crippen molar-refractivity contribution in [2.75, 3.05) is 25.1 Å². The largest absolute Gasteiger partial charge is 0.466 e. The second-order valence-electron chi connectivity index (χ2n) is 7.76. The fourth-order valence-electron chi connectivity index (χ4n) is 3.69. The standard InChI is InChI=1S/C19H22N6O4/c1-3-25-16-12(8-21-25)15(22-11-4-5-28-14(26)6-11)13(7-20-16)17-23-24-18(29-17)19(2)9-27-10-19/h7-8,11H,3-6,9-10H2,1-2H3,(H,20,22). The van der Waals surface area contributed by atoms with E-state index >= 15 is 0 Å². The normalized spacial score (nSPS) is 21.0. The van der Waals surface area contributed by atoms with E-state index in [-0.39, 0.29) is 17.4 Å². The van der Waals surface area contributed by atoms with E-state index in [2.05, 4.69) is 25.6 Å². The maximum Gasteiger partial charge on any atom is 0.307 e. The molecule has 1 unspecified atom stereocenters. The van der Waals surface area contributed by atoms with Crippen LogP contribution in [0, 0.1) is 0 Å². The fraction of sp³-hybridized carbons (Fsp3) is 0.526. The van der Waals surface area contributed by atoms with Crippen molar-refractivity contribution >= 4 is 22.7 Å². The Morgan fingerprint density at radius 3 is 2.90 bits per heavy atom. The van der Waals surface area contributed by atoms with E-state index in [1.54, 1.807) is 12.4 Å². The second-order valence-corrected chi connectivity index (χ2v) is 7.76. The molecule has 3 aromatic rings. The van der Waals surface area contributed by atoms with Crippen LogP contribution in [0.3, 0.4) is 0 Å². The molecule has 0 aliphatic carbocycles. The molecular weight excluding hydrogens is 376 g/mol. The lowest BCUT2D eigenvalue weighted by molar-refractivity contribution is -0.147. The van der Waals surface area contributed by atoms with Gasteiger partial charge in [-0.3, -0.25) is 4.79 Å². The predicted molar refractivity (Wildman–Crippen MR) is 102 cm³/mol. The van der Waals surface area contributed by atoms with E-state index < -0.39 is 0 Å². The van der Waals surface area contributed by atoms with Crippen LogP contribution < -0.4 is 5.32 Å². The van der Waals surface area contributed by atoms with Crippen molar-refractivity contribution in [3.8, 4) is 11.5 Å². The van der Waals surface area contributed by atoms with E-state index in [4.69, 9.17) is 13.9 Å². The lowest BCUT2D eigenvalue weighted by Gasteiger charge is -2.34. The van der Waals surface area contributed by atoms with Gasteiger partial charge in [0.1, 0.15) is 0 Å². The molecule has 5 rings (SSSR count). The average Bonchev–Trinajstić information content (AvgIpc) is 3.34. The number of fused-ring (bicyclic) bond motifs is 1. The van der Waals surface area contributed by atoms with Gasteiger partial charge in [-0.15, -0.1) is 10.2 Å². The van der Waals surface area contributed by atoms with Crippen LogP contribution in [0.25, 0.3) is 22.5 Å². The smallest absolute Gasteiger partial charge is 0.307 e. The van der Waals surface area contributed by atoms with Gasteiger partial charge in [-0.25, -0.2) is 9.67 Å². The van der Waals surface area contributed by atoms with Crippen LogP contribution in [0.1, 0.15) is 32.6 Å². The number of carbonyl (C=O) groups is 1. The van der Waals surface area contributed by atoms with Gasteiger partial charge in [0, 0.05) is 25.2 Å². The lowest BCUT2D eigenvalue weighted by Crippen LogP contribution is -2.44. The van der Waals surface area contributed by atoms with Crippen LogP contribution >= 0.6 is 0 Å². The summed E-state index contributed by atoms with van der Waals surface area (Å²) in [6, 6.07) is -0.0504. The average molecular weight is 398 g/mol. The number of aromatic nitrogens is 5. The highest BCUT2D eigenvalue weighted by Crippen LogP contribution is 2.37. The SMILES string of the molecule is CCn1ncc2c(NC3CCOC(=O)C3)c(-c3nnc(C4(C)COC4)o3)cnc21. The van der Waals surface area contributed by atoms with Crippen molar-refractivity contribution in [3.05, 3.63) is 18.3 Å². The number of esters is 1. The number of pyridine rings is 1. The van der Waals surface area contributed by atoms with Crippen molar-refractivity contribution in [2.24, 2.45) is 0 Å². The van der Waals surface area contributed by atoms with Crippen LogP contribution in [0.5, 0.6) is 0 Å². The fourth-order valence-corrected chi connectivity index (χ4v) is 3.69. The zero-order valence-electron chi connectivity index (χ0n) is 16.3. The first kappa shape index (κ1) is 18.0. The Bertz CT molecular complexity index is 1070. The molecule has 2 fully saturated rings. The molecule has 10 nitrogen and oxygen atoms in total. The number of aryl methyl sites for hydroxylation is 1. The highest BCUT2D eigenvalue weighted by Gasteiger charge is 2.41. The van der Waals surface area contributed by atoms with Crippen molar-refractivity contribution in [1.29, 1.82) is 0 Å². The van der Waals surface area contributed by atoms with Gasteiger partial charge in [0.15, 0.2) is 5.65 Å². The van der Waals surface area contributed by atoms with E-state index in [9.17, 15) is 4.79 Å². The minimum Gasteiger partial charge on any atom is -0.466 e. The number of rotatable bonds is 5. The molecule has 10 heteroatoms. The topological polar surface area (TPSA) is 117 Å². The molecule has 5 heterocycles. The van der Waals surface area contributed by atoms with Crippen LogP contribution in [0.2, 0.25) is 0 Å². The Balaban J connectivity index is 1.58. The van der Waals surface area contributed by atoms with Gasteiger partial charge in [-0.2, -0.15) is 5.10 Å². The summed E-state index contributed by atoms with van der Waals surface area (Å²) in [4.78, 5) is 16.3. The number of hydrogen-bond acceptors (Lipinski definition) is 9. The lowest BCUT2D eigenvalue weighted by atomic mass is 9.89. The number of carbonyl (C=O) groups excluding carboxylic acids is 1. The van der Waals surface area contributed by atoms with E-state index in [1.165, 1.54) is 0 Å². The van der Waals surface area contributed by atoms with Crippen LogP contribution in [0.15, 0.2) is 16.8 Å². The number of anilines is 1. The van der Waals surface area contributed by atoms with Crippen molar-refractivity contribution < 1.29 is 18.7 Å². The maximum atomic E-state index is 11.7. The molecule has 2 aliphatic heterocycles. The number of nitrogens with zero attached hydrogens (tertiary/aromatic N) is 5. The van der Waals surface area contributed by atoms with Crippen LogP contribution in [0.4, 0.5) is 5.69 Å². The minimum absolute atomic E-state index is 0.0504. The van der Waals surface area contributed by atoms with Crippen LogP contribution in [-0.2, 0) is 26.2 Å². The Kier molecular flexibility index (Phi) is 4.23. The number of hydrogen-bond donors (Lipinski definition) is 1. The molecule has 152 valence electrons. The summed E-state index contributed by atoms with van der Waals surface area (Å²) in [5.41, 5.74) is 1.99. The summed E-state index contributed by atoms with van der Waals surface area (Å²) in [6.45, 7) is 6.27. The van der Waals surface area contributed by atoms with Gasteiger partial charge < -0.3 is 19.2 Å². The molecule has 3 aromatic heterocycles. The molecule has 0 bridgehead atoms. The van der Waals surface area contributed by atoms with Gasteiger partial charge in [0.05, 0.1) is 54.5 Å². The zero-order valence-corrected chi connectivity index (χ0v) is 16.3. The Labute approximate surface area is 166 Å². The molecule has 0 saturated carbocycles. The zero-order chi connectivity index (χ0) is 20.0. The molecule has 2 saturated heterocycles. The highest BCUT2D eigenvalue weighted by molar-refractivity contribution is 5.96. The molecule has 1 N–H and O–H groups in total. The monoisotopic (exact) mass is 398 g/mol. The minimum atomic E-state index is -0.253. The summed E-state index contributed by atoms with van der Waals surface area (Å²) >= 11 is 0. The Hall–Kier alpha value is -3.01. The van der Waals surface area contributed by atoms with Crippen molar-refractivity contribution in [3.63, 3.8) is 0 Å².